The molecule has 5 heteroatoms. The van der Waals surface area contributed by atoms with Crippen molar-refractivity contribution in [3.63, 3.8) is 0 Å². The first-order valence-corrected chi connectivity index (χ1v) is 6.53. The van der Waals surface area contributed by atoms with E-state index in [4.69, 9.17) is 0 Å². The van der Waals surface area contributed by atoms with Crippen molar-refractivity contribution in [1.82, 2.24) is 10.3 Å². The molecule has 1 aliphatic rings. The molecular formula is C14H18N2O3. The fourth-order valence-electron chi connectivity index (χ4n) is 2.56. The number of hydrogen-bond donors (Lipinski definition) is 2. The number of aromatic nitrogens is 1. The molecule has 0 aromatic carbocycles. The zero-order chi connectivity index (χ0) is 13.9. The highest BCUT2D eigenvalue weighted by atomic mass is 16.4. The molecule has 0 saturated heterocycles. The molecule has 102 valence electrons. The lowest BCUT2D eigenvalue weighted by Gasteiger charge is -2.34. The van der Waals surface area contributed by atoms with Crippen molar-refractivity contribution < 1.29 is 14.7 Å². The summed E-state index contributed by atoms with van der Waals surface area (Å²) in [5.74, 6) is -1.29. The molecule has 1 aromatic rings. The second-order valence-corrected chi connectivity index (χ2v) is 5.04. The number of carbonyl (C=O) groups is 2. The van der Waals surface area contributed by atoms with Crippen molar-refractivity contribution >= 4 is 11.9 Å². The van der Waals surface area contributed by atoms with Crippen molar-refractivity contribution in [2.24, 2.45) is 0 Å². The van der Waals surface area contributed by atoms with Crippen molar-refractivity contribution in [3.8, 4) is 0 Å². The number of pyridine rings is 1. The first kappa shape index (κ1) is 13.5. The van der Waals surface area contributed by atoms with Crippen LogP contribution < -0.4 is 5.32 Å². The Labute approximate surface area is 112 Å². The molecule has 0 spiro atoms. The number of rotatable bonds is 3. The molecule has 1 aliphatic carbocycles. The van der Waals surface area contributed by atoms with Crippen LogP contribution in [0, 0.1) is 6.92 Å². The zero-order valence-electron chi connectivity index (χ0n) is 11.0. The van der Waals surface area contributed by atoms with Gasteiger partial charge >= 0.3 is 5.97 Å². The van der Waals surface area contributed by atoms with Crippen molar-refractivity contribution in [3.05, 3.63) is 29.6 Å². The number of nitrogens with zero attached hydrogens (tertiary/aromatic N) is 1. The minimum atomic E-state index is -1.11. The van der Waals surface area contributed by atoms with Gasteiger partial charge in [0, 0.05) is 11.9 Å². The molecule has 1 amide bonds. The van der Waals surface area contributed by atoms with Crippen LogP contribution in [0.25, 0.3) is 0 Å². The van der Waals surface area contributed by atoms with E-state index in [-0.39, 0.29) is 5.91 Å². The summed E-state index contributed by atoms with van der Waals surface area (Å²) < 4.78 is 0. The van der Waals surface area contributed by atoms with Crippen LogP contribution in [0.2, 0.25) is 0 Å². The Balaban J connectivity index is 2.20. The minimum absolute atomic E-state index is 0.352. The number of aliphatic carboxylic acids is 1. The van der Waals surface area contributed by atoms with E-state index in [1.54, 1.807) is 25.3 Å². The highest BCUT2D eigenvalue weighted by Crippen LogP contribution is 2.29. The van der Waals surface area contributed by atoms with Gasteiger partial charge in [-0.25, -0.2) is 4.79 Å². The second-order valence-electron chi connectivity index (χ2n) is 5.04. The van der Waals surface area contributed by atoms with Gasteiger partial charge in [0.25, 0.3) is 5.91 Å². The Bertz CT molecular complexity index is 493. The predicted octanol–water partition coefficient (Wildman–Crippen LogP) is 1.91. The average Bonchev–Trinajstić information content (AvgIpc) is 2.40. The SMILES string of the molecule is Cc1ncccc1C(=O)NC1(C(=O)O)CCCCC1. The molecule has 1 fully saturated rings. The number of carboxylic acids is 1. The summed E-state index contributed by atoms with van der Waals surface area (Å²) in [7, 11) is 0. The molecule has 19 heavy (non-hydrogen) atoms. The van der Waals surface area contributed by atoms with Crippen LogP contribution in [-0.4, -0.2) is 27.5 Å². The minimum Gasteiger partial charge on any atom is -0.480 e. The maximum atomic E-state index is 12.2. The largest absolute Gasteiger partial charge is 0.480 e. The van der Waals surface area contributed by atoms with Crippen LogP contribution in [0.3, 0.4) is 0 Å². The summed E-state index contributed by atoms with van der Waals surface area (Å²) in [6, 6.07) is 3.34. The lowest BCUT2D eigenvalue weighted by molar-refractivity contribution is -0.145. The molecule has 1 saturated carbocycles. The van der Waals surface area contributed by atoms with Gasteiger partial charge in [0.05, 0.1) is 5.56 Å². The molecule has 1 aromatic heterocycles. The van der Waals surface area contributed by atoms with Gasteiger partial charge in [-0.15, -0.1) is 0 Å². The summed E-state index contributed by atoms with van der Waals surface area (Å²) in [5, 5.41) is 12.1. The Kier molecular flexibility index (Phi) is 3.83. The standard InChI is InChI=1S/C14H18N2O3/c1-10-11(6-5-9-15-10)12(17)16-14(13(18)19)7-3-2-4-8-14/h5-6,9H,2-4,7-8H2,1H3,(H,16,17)(H,18,19). The number of amides is 1. The van der Waals surface area contributed by atoms with Crippen molar-refractivity contribution in [2.45, 2.75) is 44.6 Å². The Morgan fingerprint density at radius 1 is 1.32 bits per heavy atom. The van der Waals surface area contributed by atoms with E-state index in [0.29, 0.717) is 24.1 Å². The van der Waals surface area contributed by atoms with Gasteiger partial charge in [-0.05, 0) is 31.9 Å². The normalized spacial score (nSPS) is 17.7. The van der Waals surface area contributed by atoms with Gasteiger partial charge in [0.15, 0.2) is 0 Å². The number of hydrogen-bond acceptors (Lipinski definition) is 3. The molecule has 0 atom stereocenters. The van der Waals surface area contributed by atoms with Crippen LogP contribution in [0.1, 0.15) is 48.2 Å². The van der Waals surface area contributed by atoms with Gasteiger partial charge < -0.3 is 10.4 Å². The summed E-state index contributed by atoms with van der Waals surface area (Å²) in [5.41, 5.74) is -0.0671. The second kappa shape index (κ2) is 5.38. The number of nitrogens with one attached hydrogen (secondary N) is 1. The molecule has 2 rings (SSSR count). The topological polar surface area (TPSA) is 79.3 Å². The summed E-state index contributed by atoms with van der Waals surface area (Å²) >= 11 is 0. The Morgan fingerprint density at radius 3 is 2.58 bits per heavy atom. The first-order chi connectivity index (χ1) is 9.05. The number of carboxylic acid groups (broad SMARTS) is 1. The fraction of sp³-hybridized carbons (Fsp3) is 0.500. The van der Waals surface area contributed by atoms with Gasteiger partial charge in [0.2, 0.25) is 0 Å². The van der Waals surface area contributed by atoms with Gasteiger partial charge in [-0.1, -0.05) is 19.3 Å². The van der Waals surface area contributed by atoms with Crippen LogP contribution in [0.15, 0.2) is 18.3 Å². The molecule has 0 radical (unpaired) electrons. The van der Waals surface area contributed by atoms with E-state index in [0.717, 1.165) is 19.3 Å². The van der Waals surface area contributed by atoms with Gasteiger partial charge in [-0.3, -0.25) is 9.78 Å². The maximum Gasteiger partial charge on any atom is 0.329 e. The van der Waals surface area contributed by atoms with E-state index in [1.165, 1.54) is 0 Å². The van der Waals surface area contributed by atoms with Gasteiger partial charge in [0.1, 0.15) is 5.54 Å². The smallest absolute Gasteiger partial charge is 0.329 e. The van der Waals surface area contributed by atoms with Crippen LogP contribution in [0.4, 0.5) is 0 Å². The summed E-state index contributed by atoms with van der Waals surface area (Å²) in [6.07, 6.45) is 5.29. The zero-order valence-corrected chi connectivity index (χ0v) is 11.0. The van der Waals surface area contributed by atoms with E-state index >= 15 is 0 Å². The van der Waals surface area contributed by atoms with E-state index in [2.05, 4.69) is 10.3 Å². The molecule has 1 heterocycles. The van der Waals surface area contributed by atoms with Crippen molar-refractivity contribution in [2.75, 3.05) is 0 Å². The summed E-state index contributed by atoms with van der Waals surface area (Å²) in [6.45, 7) is 1.74. The highest BCUT2D eigenvalue weighted by Gasteiger charge is 2.41. The third-order valence-electron chi connectivity index (χ3n) is 3.72. The lowest BCUT2D eigenvalue weighted by Crippen LogP contribution is -2.55. The third-order valence-corrected chi connectivity index (χ3v) is 3.72. The molecule has 5 nitrogen and oxygen atoms in total. The molecule has 0 unspecified atom stereocenters. The maximum absolute atomic E-state index is 12.2. The van der Waals surface area contributed by atoms with Crippen LogP contribution >= 0.6 is 0 Å². The molecule has 2 N–H and O–H groups in total. The highest BCUT2D eigenvalue weighted by molar-refractivity contribution is 5.98. The predicted molar refractivity (Wildman–Crippen MR) is 69.9 cm³/mol. The van der Waals surface area contributed by atoms with E-state index < -0.39 is 11.5 Å². The number of aryl methyl sites for hydroxylation is 1. The summed E-state index contributed by atoms with van der Waals surface area (Å²) in [4.78, 5) is 27.8. The quantitative estimate of drug-likeness (QED) is 0.872. The van der Waals surface area contributed by atoms with Gasteiger partial charge in [-0.2, -0.15) is 0 Å². The molecular weight excluding hydrogens is 244 g/mol. The van der Waals surface area contributed by atoms with Crippen LogP contribution in [0.5, 0.6) is 0 Å². The van der Waals surface area contributed by atoms with E-state index in [1.807, 2.05) is 0 Å². The average molecular weight is 262 g/mol. The van der Waals surface area contributed by atoms with Crippen LogP contribution in [-0.2, 0) is 4.79 Å². The molecule has 0 bridgehead atoms. The van der Waals surface area contributed by atoms with Crippen molar-refractivity contribution in [1.29, 1.82) is 0 Å². The Morgan fingerprint density at radius 2 is 2.00 bits per heavy atom. The lowest BCUT2D eigenvalue weighted by atomic mass is 9.81. The fourth-order valence-corrected chi connectivity index (χ4v) is 2.56. The number of carbonyl (C=O) groups excluding carboxylic acids is 1. The third kappa shape index (κ3) is 2.75. The molecule has 0 aliphatic heterocycles. The first-order valence-electron chi connectivity index (χ1n) is 6.53. The van der Waals surface area contributed by atoms with E-state index in [9.17, 15) is 14.7 Å². The monoisotopic (exact) mass is 262 g/mol. The Hall–Kier alpha value is -1.91.